The second-order valence-corrected chi connectivity index (χ2v) is 9.51. The van der Waals surface area contributed by atoms with Gasteiger partial charge in [-0.05, 0) is 74.5 Å². The molecule has 0 unspecified atom stereocenters. The van der Waals surface area contributed by atoms with Gasteiger partial charge in [0.15, 0.2) is 5.11 Å². The molecule has 0 saturated carbocycles. The molecule has 2 aromatic rings. The number of anilines is 3. The Morgan fingerprint density at radius 1 is 1.00 bits per heavy atom. The van der Waals surface area contributed by atoms with E-state index in [9.17, 15) is 14.9 Å². The molecule has 1 amide bonds. The van der Waals surface area contributed by atoms with Crippen molar-refractivity contribution >= 4 is 46.0 Å². The van der Waals surface area contributed by atoms with E-state index < -0.39 is 10.8 Å². The number of nitrogens with zero attached hydrogens (tertiary/aromatic N) is 3. The van der Waals surface area contributed by atoms with Gasteiger partial charge < -0.3 is 15.1 Å². The predicted octanol–water partition coefficient (Wildman–Crippen LogP) is 4.95. The van der Waals surface area contributed by atoms with Crippen LogP contribution < -0.4 is 20.4 Å². The number of carbonyl (C=O) groups excluding carboxylic acids is 1. The summed E-state index contributed by atoms with van der Waals surface area (Å²) >= 11 is 5.40. The van der Waals surface area contributed by atoms with Crippen molar-refractivity contribution in [1.82, 2.24) is 5.32 Å². The van der Waals surface area contributed by atoms with Crippen LogP contribution in [0.15, 0.2) is 42.5 Å². The fraction of sp³-hybridized carbons (Fsp3) is 0.440. The molecule has 2 aliphatic rings. The summed E-state index contributed by atoms with van der Waals surface area (Å²) in [6.07, 6.45) is 5.44. The fourth-order valence-electron chi connectivity index (χ4n) is 4.65. The Kier molecular flexibility index (Phi) is 7.62. The quantitative estimate of drug-likeness (QED) is 0.355. The lowest BCUT2D eigenvalue weighted by atomic mass is 9.98. The molecule has 0 spiro atoms. The number of thiocarbonyl (C=S) groups is 1. The monoisotopic (exact) mass is 481 g/mol. The summed E-state index contributed by atoms with van der Waals surface area (Å²) in [5, 5.41) is 17.7. The molecule has 2 heterocycles. The number of hydrogen-bond acceptors (Lipinski definition) is 6. The van der Waals surface area contributed by atoms with Gasteiger partial charge in [-0.1, -0.05) is 19.1 Å². The maximum Gasteiger partial charge on any atom is 0.293 e. The van der Waals surface area contributed by atoms with Gasteiger partial charge in [-0.15, -0.1) is 0 Å². The van der Waals surface area contributed by atoms with Crippen LogP contribution in [0.5, 0.6) is 0 Å². The van der Waals surface area contributed by atoms with Crippen LogP contribution in [0.1, 0.15) is 49.4 Å². The van der Waals surface area contributed by atoms with Crippen LogP contribution in [0.25, 0.3) is 0 Å². The average Bonchev–Trinajstić information content (AvgIpc) is 2.85. The molecule has 0 aliphatic carbocycles. The van der Waals surface area contributed by atoms with Crippen molar-refractivity contribution in [3.8, 4) is 0 Å². The highest BCUT2D eigenvalue weighted by molar-refractivity contribution is 7.80. The number of rotatable bonds is 5. The van der Waals surface area contributed by atoms with Crippen LogP contribution in [0.2, 0.25) is 0 Å². The first kappa shape index (κ1) is 23.9. The van der Waals surface area contributed by atoms with Crippen molar-refractivity contribution in [3.63, 3.8) is 0 Å². The molecule has 0 radical (unpaired) electrons. The predicted molar refractivity (Wildman–Crippen MR) is 140 cm³/mol. The first-order valence-corrected chi connectivity index (χ1v) is 12.3. The molecule has 0 atom stereocenters. The van der Waals surface area contributed by atoms with E-state index in [1.54, 1.807) is 12.1 Å². The van der Waals surface area contributed by atoms with E-state index in [1.807, 2.05) is 29.2 Å². The highest BCUT2D eigenvalue weighted by atomic mass is 32.1. The lowest BCUT2D eigenvalue weighted by molar-refractivity contribution is -0.384. The largest absolute Gasteiger partial charge is 0.370 e. The molecular formula is C25H31N5O3S. The summed E-state index contributed by atoms with van der Waals surface area (Å²) in [6.45, 7) is 5.80. The van der Waals surface area contributed by atoms with Crippen LogP contribution in [0.4, 0.5) is 22.7 Å². The van der Waals surface area contributed by atoms with Crippen molar-refractivity contribution in [3.05, 3.63) is 58.1 Å². The van der Waals surface area contributed by atoms with E-state index in [0.717, 1.165) is 75.6 Å². The van der Waals surface area contributed by atoms with Gasteiger partial charge in [0.2, 0.25) is 0 Å². The highest BCUT2D eigenvalue weighted by Gasteiger charge is 2.24. The van der Waals surface area contributed by atoms with Gasteiger partial charge in [0.05, 0.1) is 16.3 Å². The normalized spacial score (nSPS) is 16.7. The minimum atomic E-state index is -0.477. The molecule has 2 N–H and O–H groups in total. The molecule has 0 aromatic heterocycles. The van der Waals surface area contributed by atoms with E-state index in [-0.39, 0.29) is 16.4 Å². The van der Waals surface area contributed by atoms with Crippen LogP contribution in [0.3, 0.4) is 0 Å². The fourth-order valence-corrected chi connectivity index (χ4v) is 4.85. The second-order valence-electron chi connectivity index (χ2n) is 9.10. The number of hydrogen-bond donors (Lipinski definition) is 2. The third-order valence-corrected chi connectivity index (χ3v) is 6.84. The van der Waals surface area contributed by atoms with Crippen LogP contribution in [-0.4, -0.2) is 42.1 Å². The summed E-state index contributed by atoms with van der Waals surface area (Å²) in [6, 6.07) is 12.5. The van der Waals surface area contributed by atoms with Crippen LogP contribution in [-0.2, 0) is 0 Å². The number of nitro benzene ring substituents is 1. The Morgan fingerprint density at radius 2 is 1.68 bits per heavy atom. The zero-order chi connectivity index (χ0) is 24.1. The van der Waals surface area contributed by atoms with E-state index in [1.165, 1.54) is 6.07 Å². The summed E-state index contributed by atoms with van der Waals surface area (Å²) in [5.74, 6) is 0.247. The second kappa shape index (κ2) is 10.8. The molecule has 9 heteroatoms. The Hall–Kier alpha value is -3.20. The van der Waals surface area contributed by atoms with Crippen molar-refractivity contribution in [2.45, 2.75) is 39.0 Å². The smallest absolute Gasteiger partial charge is 0.293 e. The Balaban J connectivity index is 1.45. The maximum absolute atomic E-state index is 12.8. The van der Waals surface area contributed by atoms with Crippen LogP contribution in [0, 0.1) is 16.0 Å². The Labute approximate surface area is 205 Å². The van der Waals surface area contributed by atoms with E-state index in [2.05, 4.69) is 22.5 Å². The summed E-state index contributed by atoms with van der Waals surface area (Å²) in [4.78, 5) is 28.5. The lowest BCUT2D eigenvalue weighted by Crippen LogP contribution is -2.36. The molecule has 8 nitrogen and oxygen atoms in total. The molecule has 2 aliphatic heterocycles. The molecule has 0 bridgehead atoms. The van der Waals surface area contributed by atoms with Gasteiger partial charge in [0.1, 0.15) is 5.69 Å². The Morgan fingerprint density at radius 3 is 2.38 bits per heavy atom. The molecule has 2 aromatic carbocycles. The standard InChI is InChI=1S/C25H31N5O3S/c1-18-11-15-29(16-12-18)21-8-4-3-7-20(21)26-25(34)27-24(31)19-9-10-22(23(17-19)30(32)33)28-13-5-2-6-14-28/h3-4,7-10,17-18H,2,5-6,11-16H2,1H3,(H2,26,27,31,34). The van der Waals surface area contributed by atoms with E-state index >= 15 is 0 Å². The van der Waals surface area contributed by atoms with Crippen molar-refractivity contribution in [1.29, 1.82) is 0 Å². The van der Waals surface area contributed by atoms with E-state index in [4.69, 9.17) is 12.2 Å². The zero-order valence-corrected chi connectivity index (χ0v) is 20.3. The topological polar surface area (TPSA) is 90.8 Å². The lowest BCUT2D eigenvalue weighted by Gasteiger charge is -2.33. The average molecular weight is 482 g/mol. The summed E-state index contributed by atoms with van der Waals surface area (Å²) in [5.41, 5.74) is 2.58. The highest BCUT2D eigenvalue weighted by Crippen LogP contribution is 2.32. The van der Waals surface area contributed by atoms with Gasteiger partial charge in [0, 0.05) is 37.8 Å². The zero-order valence-electron chi connectivity index (χ0n) is 19.5. The molecule has 34 heavy (non-hydrogen) atoms. The summed E-state index contributed by atoms with van der Waals surface area (Å²) < 4.78 is 0. The molecule has 2 fully saturated rings. The molecule has 2 saturated heterocycles. The van der Waals surface area contributed by atoms with E-state index in [0.29, 0.717) is 5.69 Å². The maximum atomic E-state index is 12.8. The third-order valence-electron chi connectivity index (χ3n) is 6.63. The number of nitrogens with one attached hydrogen (secondary N) is 2. The van der Waals surface area contributed by atoms with Gasteiger partial charge in [-0.2, -0.15) is 0 Å². The summed E-state index contributed by atoms with van der Waals surface area (Å²) in [7, 11) is 0. The SMILES string of the molecule is CC1CCN(c2ccccc2NC(=S)NC(=O)c2ccc(N3CCCCC3)c([N+](=O)[O-])c2)CC1. The van der Waals surface area contributed by atoms with Crippen molar-refractivity contribution < 1.29 is 9.72 Å². The minimum absolute atomic E-state index is 0.0573. The third kappa shape index (κ3) is 5.64. The van der Waals surface area contributed by atoms with Crippen molar-refractivity contribution in [2.24, 2.45) is 5.92 Å². The number of nitro groups is 1. The minimum Gasteiger partial charge on any atom is -0.370 e. The molecular weight excluding hydrogens is 450 g/mol. The van der Waals surface area contributed by atoms with Gasteiger partial charge in [-0.3, -0.25) is 20.2 Å². The number of piperidine rings is 2. The molecule has 180 valence electrons. The van der Waals surface area contributed by atoms with Crippen LogP contribution >= 0.6 is 12.2 Å². The first-order chi connectivity index (χ1) is 16.4. The number of amides is 1. The number of benzene rings is 2. The van der Waals surface area contributed by atoms with Gasteiger partial charge >= 0.3 is 0 Å². The number of carbonyl (C=O) groups is 1. The number of para-hydroxylation sites is 2. The van der Waals surface area contributed by atoms with Gasteiger partial charge in [-0.25, -0.2) is 0 Å². The van der Waals surface area contributed by atoms with Gasteiger partial charge in [0.25, 0.3) is 11.6 Å². The first-order valence-electron chi connectivity index (χ1n) is 11.9. The van der Waals surface area contributed by atoms with Crippen molar-refractivity contribution in [2.75, 3.05) is 41.3 Å². The molecule has 4 rings (SSSR count). The Bertz CT molecular complexity index is 1060.